The van der Waals surface area contributed by atoms with Gasteiger partial charge in [-0.3, -0.25) is 4.79 Å². The van der Waals surface area contributed by atoms with Crippen LogP contribution in [-0.4, -0.2) is 15.9 Å². The molecule has 1 aromatic heterocycles. The second kappa shape index (κ2) is 8.84. The van der Waals surface area contributed by atoms with Crippen molar-refractivity contribution in [3.8, 4) is 11.3 Å². The number of halogens is 2. The summed E-state index contributed by atoms with van der Waals surface area (Å²) in [6.07, 6.45) is 1.45. The van der Waals surface area contributed by atoms with Crippen LogP contribution < -0.4 is 10.6 Å². The summed E-state index contributed by atoms with van der Waals surface area (Å²) < 4.78 is 14.1. The molecule has 0 unspecified atom stereocenters. The van der Waals surface area contributed by atoms with Crippen molar-refractivity contribution in [2.24, 2.45) is 0 Å². The Balaban J connectivity index is 1.44. The average molecular weight is 463 g/mol. The molecule has 0 aliphatic carbocycles. The Morgan fingerprint density at radius 1 is 0.833 bits per heavy atom. The monoisotopic (exact) mass is 462 g/mol. The third-order valence-electron chi connectivity index (χ3n) is 4.33. The van der Waals surface area contributed by atoms with Gasteiger partial charge in [0, 0.05) is 33.0 Å². The van der Waals surface area contributed by atoms with Crippen molar-refractivity contribution in [1.29, 1.82) is 0 Å². The van der Waals surface area contributed by atoms with Crippen LogP contribution in [0.5, 0.6) is 0 Å². The van der Waals surface area contributed by atoms with E-state index in [1.165, 1.54) is 18.5 Å². The molecule has 30 heavy (non-hydrogen) atoms. The number of anilines is 3. The SMILES string of the molecule is O=C(Nc1ccc(Br)cc1)c1ccc(Nc2cc(-c3ccc(F)cc3)ncn2)cc1. The molecule has 0 aliphatic rings. The average Bonchev–Trinajstić information content (AvgIpc) is 2.76. The fourth-order valence-corrected chi connectivity index (χ4v) is 3.06. The summed E-state index contributed by atoms with van der Waals surface area (Å²) >= 11 is 3.37. The minimum Gasteiger partial charge on any atom is -0.340 e. The molecule has 0 bridgehead atoms. The molecule has 7 heteroatoms. The predicted molar refractivity (Wildman–Crippen MR) is 119 cm³/mol. The summed E-state index contributed by atoms with van der Waals surface area (Å²) in [4.78, 5) is 20.9. The quantitative estimate of drug-likeness (QED) is 0.379. The second-order valence-electron chi connectivity index (χ2n) is 6.46. The molecule has 4 aromatic rings. The summed E-state index contributed by atoms with van der Waals surface area (Å²) in [5, 5.41) is 6.04. The lowest BCUT2D eigenvalue weighted by molar-refractivity contribution is 0.102. The molecule has 0 spiro atoms. The number of hydrogen-bond donors (Lipinski definition) is 2. The molecule has 0 saturated heterocycles. The van der Waals surface area contributed by atoms with Crippen LogP contribution in [0.2, 0.25) is 0 Å². The lowest BCUT2D eigenvalue weighted by Crippen LogP contribution is -2.11. The van der Waals surface area contributed by atoms with E-state index in [2.05, 4.69) is 36.5 Å². The Morgan fingerprint density at radius 2 is 1.50 bits per heavy atom. The van der Waals surface area contributed by atoms with E-state index in [0.29, 0.717) is 17.1 Å². The topological polar surface area (TPSA) is 66.9 Å². The van der Waals surface area contributed by atoms with Crippen molar-refractivity contribution >= 4 is 39.0 Å². The maximum atomic E-state index is 13.1. The van der Waals surface area contributed by atoms with Crippen LogP contribution in [0.4, 0.5) is 21.6 Å². The third kappa shape index (κ3) is 4.87. The molecular weight excluding hydrogens is 447 g/mol. The molecule has 0 fully saturated rings. The number of carbonyl (C=O) groups excluding carboxylic acids is 1. The Labute approximate surface area is 181 Å². The fraction of sp³-hybridized carbons (Fsp3) is 0. The van der Waals surface area contributed by atoms with Crippen LogP contribution in [0.25, 0.3) is 11.3 Å². The normalized spacial score (nSPS) is 10.5. The van der Waals surface area contributed by atoms with E-state index in [1.54, 1.807) is 42.5 Å². The minimum atomic E-state index is -0.296. The molecule has 0 aliphatic heterocycles. The molecule has 0 atom stereocenters. The number of nitrogens with zero attached hydrogens (tertiary/aromatic N) is 2. The van der Waals surface area contributed by atoms with E-state index in [4.69, 9.17) is 0 Å². The molecular formula is C23H16BrFN4O. The van der Waals surface area contributed by atoms with Crippen molar-refractivity contribution in [2.75, 3.05) is 10.6 Å². The first kappa shape index (κ1) is 19.7. The minimum absolute atomic E-state index is 0.190. The Bertz CT molecular complexity index is 1160. The highest BCUT2D eigenvalue weighted by Crippen LogP contribution is 2.22. The van der Waals surface area contributed by atoms with Crippen LogP contribution in [0.15, 0.2) is 89.7 Å². The molecule has 0 radical (unpaired) electrons. The molecule has 3 aromatic carbocycles. The maximum Gasteiger partial charge on any atom is 0.255 e. The van der Waals surface area contributed by atoms with E-state index >= 15 is 0 Å². The van der Waals surface area contributed by atoms with Gasteiger partial charge in [0.2, 0.25) is 0 Å². The van der Waals surface area contributed by atoms with Gasteiger partial charge in [0.15, 0.2) is 0 Å². The zero-order valence-electron chi connectivity index (χ0n) is 15.6. The molecule has 0 saturated carbocycles. The van der Waals surface area contributed by atoms with Crippen molar-refractivity contribution < 1.29 is 9.18 Å². The number of nitrogens with one attached hydrogen (secondary N) is 2. The third-order valence-corrected chi connectivity index (χ3v) is 4.86. The zero-order valence-corrected chi connectivity index (χ0v) is 17.2. The van der Waals surface area contributed by atoms with Crippen LogP contribution in [0, 0.1) is 5.82 Å². The number of carbonyl (C=O) groups is 1. The van der Waals surface area contributed by atoms with Crippen LogP contribution in [-0.2, 0) is 0 Å². The van der Waals surface area contributed by atoms with Gasteiger partial charge in [-0.2, -0.15) is 0 Å². The molecule has 5 nitrogen and oxygen atoms in total. The molecule has 2 N–H and O–H groups in total. The van der Waals surface area contributed by atoms with Gasteiger partial charge in [0.25, 0.3) is 5.91 Å². The zero-order chi connectivity index (χ0) is 20.9. The van der Waals surface area contributed by atoms with Crippen LogP contribution in [0.1, 0.15) is 10.4 Å². The van der Waals surface area contributed by atoms with Gasteiger partial charge >= 0.3 is 0 Å². The predicted octanol–water partition coefficient (Wildman–Crippen LogP) is 6.04. The number of hydrogen-bond acceptors (Lipinski definition) is 4. The van der Waals surface area contributed by atoms with E-state index in [1.807, 2.05) is 24.3 Å². The van der Waals surface area contributed by atoms with Crippen molar-refractivity contribution in [2.45, 2.75) is 0 Å². The van der Waals surface area contributed by atoms with Gasteiger partial charge in [-0.25, -0.2) is 14.4 Å². The first-order chi connectivity index (χ1) is 14.6. The highest BCUT2D eigenvalue weighted by Gasteiger charge is 2.07. The Kier molecular flexibility index (Phi) is 5.81. The number of benzene rings is 3. The van der Waals surface area contributed by atoms with Crippen LogP contribution in [0.3, 0.4) is 0 Å². The summed E-state index contributed by atoms with van der Waals surface area (Å²) in [5.74, 6) is 0.108. The van der Waals surface area contributed by atoms with Crippen molar-refractivity contribution in [3.63, 3.8) is 0 Å². The van der Waals surface area contributed by atoms with Gasteiger partial charge in [0.05, 0.1) is 5.69 Å². The first-order valence-electron chi connectivity index (χ1n) is 9.09. The van der Waals surface area contributed by atoms with Crippen LogP contribution >= 0.6 is 15.9 Å². The van der Waals surface area contributed by atoms with E-state index in [0.717, 1.165) is 21.4 Å². The first-order valence-corrected chi connectivity index (χ1v) is 9.88. The lowest BCUT2D eigenvalue weighted by Gasteiger charge is -2.09. The van der Waals surface area contributed by atoms with Gasteiger partial charge in [0.1, 0.15) is 18.0 Å². The summed E-state index contributed by atoms with van der Waals surface area (Å²) in [5.41, 5.74) is 3.51. The smallest absolute Gasteiger partial charge is 0.255 e. The van der Waals surface area contributed by atoms with E-state index in [9.17, 15) is 9.18 Å². The van der Waals surface area contributed by atoms with Gasteiger partial charge in [-0.05, 0) is 72.8 Å². The summed E-state index contributed by atoms with van der Waals surface area (Å²) in [6.45, 7) is 0. The van der Waals surface area contributed by atoms with E-state index < -0.39 is 0 Å². The number of amides is 1. The fourth-order valence-electron chi connectivity index (χ4n) is 2.79. The lowest BCUT2D eigenvalue weighted by atomic mass is 10.1. The largest absolute Gasteiger partial charge is 0.340 e. The molecule has 148 valence electrons. The van der Waals surface area contributed by atoms with E-state index in [-0.39, 0.29) is 11.7 Å². The summed E-state index contributed by atoms with van der Waals surface area (Å²) in [7, 11) is 0. The van der Waals surface area contributed by atoms with Gasteiger partial charge in [-0.1, -0.05) is 15.9 Å². The highest BCUT2D eigenvalue weighted by molar-refractivity contribution is 9.10. The molecule has 1 amide bonds. The van der Waals surface area contributed by atoms with Gasteiger partial charge < -0.3 is 10.6 Å². The number of rotatable bonds is 5. The molecule has 1 heterocycles. The van der Waals surface area contributed by atoms with Crippen molar-refractivity contribution in [1.82, 2.24) is 9.97 Å². The molecule has 4 rings (SSSR count). The van der Waals surface area contributed by atoms with Crippen molar-refractivity contribution in [3.05, 3.63) is 101 Å². The second-order valence-corrected chi connectivity index (χ2v) is 7.37. The summed E-state index contributed by atoms with van der Waals surface area (Å²) in [6, 6.07) is 22.4. The maximum absolute atomic E-state index is 13.1. The standard InChI is InChI=1S/C23H16BrFN4O/c24-17-5-11-20(12-6-17)29-23(30)16-3-9-19(10-4-16)28-22-13-21(26-14-27-22)15-1-7-18(25)8-2-15/h1-14H,(H,29,30)(H,26,27,28). The highest BCUT2D eigenvalue weighted by atomic mass is 79.9. The number of aromatic nitrogens is 2. The Hall–Kier alpha value is -3.58. The Morgan fingerprint density at radius 3 is 2.20 bits per heavy atom. The van der Waals surface area contributed by atoms with Gasteiger partial charge in [-0.15, -0.1) is 0 Å².